The zero-order chi connectivity index (χ0) is 18.9. The van der Waals surface area contributed by atoms with Crippen LogP contribution in [0.15, 0.2) is 41.5 Å². The van der Waals surface area contributed by atoms with Gasteiger partial charge in [-0.2, -0.15) is 10.4 Å². The highest BCUT2D eigenvalue weighted by atomic mass is 35.5. The number of amides is 1. The number of hydrogen-bond acceptors (Lipinski definition) is 6. The fraction of sp³-hybridized carbons (Fsp3) is 0.167. The summed E-state index contributed by atoms with van der Waals surface area (Å²) in [6, 6.07) is 11.6. The molecule has 0 saturated carbocycles. The van der Waals surface area contributed by atoms with E-state index in [2.05, 4.69) is 10.5 Å². The minimum absolute atomic E-state index is 0.111. The molecule has 2 rings (SSSR count). The summed E-state index contributed by atoms with van der Waals surface area (Å²) >= 11 is 5.92. The van der Waals surface area contributed by atoms with Crippen LogP contribution in [0.2, 0.25) is 5.02 Å². The number of para-hydroxylation sites is 1. The van der Waals surface area contributed by atoms with Crippen LogP contribution >= 0.6 is 11.6 Å². The summed E-state index contributed by atoms with van der Waals surface area (Å²) in [5, 5.41) is 22.7. The quantitative estimate of drug-likeness (QED) is 0.573. The van der Waals surface area contributed by atoms with Gasteiger partial charge in [-0.3, -0.25) is 4.79 Å². The Morgan fingerprint density at radius 1 is 1.35 bits per heavy atom. The number of phenols is 1. The highest BCUT2D eigenvalue weighted by Crippen LogP contribution is 2.34. The van der Waals surface area contributed by atoms with Crippen LogP contribution in [-0.2, 0) is 4.79 Å². The van der Waals surface area contributed by atoms with Crippen molar-refractivity contribution < 1.29 is 19.4 Å². The van der Waals surface area contributed by atoms with Gasteiger partial charge in [-0.05, 0) is 36.8 Å². The molecule has 0 aromatic heterocycles. The van der Waals surface area contributed by atoms with Crippen LogP contribution in [0.4, 0.5) is 0 Å². The standard InChI is InChI=1S/C18H16ClN3O4/c1-2-25-16-8-12(7-14(19)18(16)24)10-21-22-17(23)11-26-15-6-4-3-5-13(15)9-20/h3-8,10,24H,2,11H2,1H3,(H,22,23)/b21-10+. The minimum atomic E-state index is -0.496. The second-order valence-corrected chi connectivity index (χ2v) is 5.38. The maximum absolute atomic E-state index is 11.8. The van der Waals surface area contributed by atoms with E-state index in [1.807, 2.05) is 6.07 Å². The van der Waals surface area contributed by atoms with Crippen molar-refractivity contribution in [2.24, 2.45) is 5.10 Å². The van der Waals surface area contributed by atoms with Gasteiger partial charge in [0.2, 0.25) is 0 Å². The molecule has 0 fully saturated rings. The average Bonchev–Trinajstić information content (AvgIpc) is 2.64. The monoisotopic (exact) mass is 373 g/mol. The molecule has 0 spiro atoms. The number of nitrogens with one attached hydrogen (secondary N) is 1. The van der Waals surface area contributed by atoms with E-state index < -0.39 is 5.91 Å². The minimum Gasteiger partial charge on any atom is -0.503 e. The molecular weight excluding hydrogens is 358 g/mol. The van der Waals surface area contributed by atoms with Gasteiger partial charge in [0.25, 0.3) is 5.91 Å². The van der Waals surface area contributed by atoms with Gasteiger partial charge in [0.1, 0.15) is 11.8 Å². The zero-order valence-electron chi connectivity index (χ0n) is 13.9. The summed E-state index contributed by atoms with van der Waals surface area (Å²) in [7, 11) is 0. The van der Waals surface area contributed by atoms with Crippen molar-refractivity contribution in [3.05, 3.63) is 52.5 Å². The van der Waals surface area contributed by atoms with Crippen LogP contribution in [0, 0.1) is 11.3 Å². The Hall–Kier alpha value is -3.24. The summed E-state index contributed by atoms with van der Waals surface area (Å²) in [5.74, 6) is -0.104. The summed E-state index contributed by atoms with van der Waals surface area (Å²) in [6.45, 7) is 1.85. The van der Waals surface area contributed by atoms with Gasteiger partial charge in [-0.1, -0.05) is 23.7 Å². The SMILES string of the molecule is CCOc1cc(/C=N/NC(=O)COc2ccccc2C#N)cc(Cl)c1O. The number of hydrazone groups is 1. The molecule has 0 unspecified atom stereocenters. The third-order valence-electron chi connectivity index (χ3n) is 3.12. The number of aromatic hydroxyl groups is 1. The molecule has 2 N–H and O–H groups in total. The van der Waals surface area contributed by atoms with Gasteiger partial charge < -0.3 is 14.6 Å². The summed E-state index contributed by atoms with van der Waals surface area (Å²) in [6.07, 6.45) is 1.36. The van der Waals surface area contributed by atoms with E-state index >= 15 is 0 Å². The number of nitriles is 1. The van der Waals surface area contributed by atoms with Gasteiger partial charge in [0.05, 0.1) is 23.4 Å². The average molecular weight is 374 g/mol. The normalized spacial score (nSPS) is 10.3. The number of halogens is 1. The summed E-state index contributed by atoms with van der Waals surface area (Å²) in [5.41, 5.74) is 3.17. The van der Waals surface area contributed by atoms with E-state index in [4.69, 9.17) is 26.3 Å². The van der Waals surface area contributed by atoms with Crippen molar-refractivity contribution in [3.63, 3.8) is 0 Å². The Morgan fingerprint density at radius 2 is 2.12 bits per heavy atom. The van der Waals surface area contributed by atoms with Crippen molar-refractivity contribution >= 4 is 23.7 Å². The molecule has 1 amide bonds. The van der Waals surface area contributed by atoms with Crippen LogP contribution in [0.1, 0.15) is 18.1 Å². The molecule has 8 heteroatoms. The third-order valence-corrected chi connectivity index (χ3v) is 3.41. The molecule has 0 radical (unpaired) electrons. The maximum Gasteiger partial charge on any atom is 0.277 e. The van der Waals surface area contributed by atoms with Crippen molar-refractivity contribution in [3.8, 4) is 23.3 Å². The lowest BCUT2D eigenvalue weighted by molar-refractivity contribution is -0.123. The molecule has 0 heterocycles. The molecule has 0 atom stereocenters. The number of nitrogens with zero attached hydrogens (tertiary/aromatic N) is 2. The van der Waals surface area contributed by atoms with Gasteiger partial charge >= 0.3 is 0 Å². The van der Waals surface area contributed by atoms with Crippen LogP contribution in [0.5, 0.6) is 17.2 Å². The second kappa shape index (κ2) is 9.30. The van der Waals surface area contributed by atoms with Crippen LogP contribution in [-0.4, -0.2) is 30.4 Å². The molecular formula is C18H16ClN3O4. The molecule has 0 saturated heterocycles. The molecule has 26 heavy (non-hydrogen) atoms. The summed E-state index contributed by atoms with van der Waals surface area (Å²) < 4.78 is 10.6. The van der Waals surface area contributed by atoms with Crippen LogP contribution in [0.25, 0.3) is 0 Å². The van der Waals surface area contributed by atoms with Crippen molar-refractivity contribution in [1.82, 2.24) is 5.43 Å². The number of rotatable bonds is 7. The number of phenolic OH excluding ortho intramolecular Hbond substituents is 1. The molecule has 2 aromatic rings. The molecule has 0 aliphatic rings. The van der Waals surface area contributed by atoms with E-state index in [1.54, 1.807) is 37.3 Å². The Morgan fingerprint density at radius 3 is 2.85 bits per heavy atom. The molecule has 134 valence electrons. The smallest absolute Gasteiger partial charge is 0.277 e. The third kappa shape index (κ3) is 5.13. The number of ether oxygens (including phenoxy) is 2. The molecule has 0 aliphatic heterocycles. The van der Waals surface area contributed by atoms with E-state index in [0.717, 1.165) is 0 Å². The Labute approximate surface area is 155 Å². The highest BCUT2D eigenvalue weighted by molar-refractivity contribution is 6.32. The van der Waals surface area contributed by atoms with E-state index in [9.17, 15) is 9.90 Å². The lowest BCUT2D eigenvalue weighted by Crippen LogP contribution is -2.24. The Balaban J connectivity index is 1.94. The topological polar surface area (TPSA) is 104 Å². The predicted molar refractivity (Wildman–Crippen MR) is 96.7 cm³/mol. The molecule has 0 aliphatic carbocycles. The van der Waals surface area contributed by atoms with E-state index in [1.165, 1.54) is 12.3 Å². The first-order valence-electron chi connectivity index (χ1n) is 7.64. The van der Waals surface area contributed by atoms with Gasteiger partial charge in [0, 0.05) is 0 Å². The molecule has 2 aromatic carbocycles. The lowest BCUT2D eigenvalue weighted by Gasteiger charge is -2.08. The van der Waals surface area contributed by atoms with E-state index in [-0.39, 0.29) is 23.1 Å². The zero-order valence-corrected chi connectivity index (χ0v) is 14.7. The molecule has 7 nitrogen and oxygen atoms in total. The summed E-state index contributed by atoms with van der Waals surface area (Å²) in [4.78, 5) is 11.8. The molecule has 0 bridgehead atoms. The fourth-order valence-electron chi connectivity index (χ4n) is 1.97. The van der Waals surface area contributed by atoms with Crippen molar-refractivity contribution in [2.75, 3.05) is 13.2 Å². The van der Waals surface area contributed by atoms with E-state index in [0.29, 0.717) is 23.5 Å². The van der Waals surface area contributed by atoms with Gasteiger partial charge in [0.15, 0.2) is 18.1 Å². The predicted octanol–water partition coefficient (Wildman–Crippen LogP) is 2.85. The maximum atomic E-state index is 11.8. The first-order chi connectivity index (χ1) is 12.5. The first-order valence-corrected chi connectivity index (χ1v) is 8.02. The highest BCUT2D eigenvalue weighted by Gasteiger charge is 2.09. The Kier molecular flexibility index (Phi) is 6.83. The second-order valence-electron chi connectivity index (χ2n) is 4.97. The first kappa shape index (κ1) is 19.1. The van der Waals surface area contributed by atoms with Gasteiger partial charge in [-0.25, -0.2) is 5.43 Å². The number of carbonyl (C=O) groups is 1. The van der Waals surface area contributed by atoms with Crippen LogP contribution < -0.4 is 14.9 Å². The largest absolute Gasteiger partial charge is 0.503 e. The van der Waals surface area contributed by atoms with Crippen LogP contribution in [0.3, 0.4) is 0 Å². The number of hydrogen-bond donors (Lipinski definition) is 2. The number of benzene rings is 2. The number of carbonyl (C=O) groups excluding carboxylic acids is 1. The Bertz CT molecular complexity index is 862. The van der Waals surface area contributed by atoms with Crippen molar-refractivity contribution in [2.45, 2.75) is 6.92 Å². The van der Waals surface area contributed by atoms with Crippen molar-refractivity contribution in [1.29, 1.82) is 5.26 Å². The van der Waals surface area contributed by atoms with Gasteiger partial charge in [-0.15, -0.1) is 0 Å². The fourth-order valence-corrected chi connectivity index (χ4v) is 2.19. The lowest BCUT2D eigenvalue weighted by atomic mass is 10.2.